The number of nitrogens with zero attached hydrogens (tertiary/aromatic N) is 1. The van der Waals surface area contributed by atoms with Crippen molar-refractivity contribution >= 4 is 28.3 Å². The van der Waals surface area contributed by atoms with E-state index in [1.165, 1.54) is 0 Å². The van der Waals surface area contributed by atoms with Gasteiger partial charge < -0.3 is 10.7 Å². The second-order valence-corrected chi connectivity index (χ2v) is 4.64. The predicted molar refractivity (Wildman–Crippen MR) is 75.7 cm³/mol. The second kappa shape index (κ2) is 4.03. The quantitative estimate of drug-likeness (QED) is 0.652. The SMILES string of the molecule is Cc1cccc(-c2nc3c(N)cccc3[nH]2)c1Cl. The van der Waals surface area contributed by atoms with Crippen LogP contribution in [0.3, 0.4) is 0 Å². The van der Waals surface area contributed by atoms with Gasteiger partial charge >= 0.3 is 0 Å². The van der Waals surface area contributed by atoms with Crippen LogP contribution in [-0.4, -0.2) is 9.97 Å². The van der Waals surface area contributed by atoms with Gasteiger partial charge in [0, 0.05) is 5.56 Å². The minimum Gasteiger partial charge on any atom is -0.397 e. The number of nitrogens with two attached hydrogens (primary N) is 1. The fourth-order valence-corrected chi connectivity index (χ4v) is 2.23. The lowest BCUT2D eigenvalue weighted by Crippen LogP contribution is -1.86. The Hall–Kier alpha value is -2.00. The summed E-state index contributed by atoms with van der Waals surface area (Å²) < 4.78 is 0. The zero-order chi connectivity index (χ0) is 12.7. The molecule has 0 radical (unpaired) electrons. The Morgan fingerprint density at radius 3 is 2.72 bits per heavy atom. The van der Waals surface area contributed by atoms with E-state index < -0.39 is 0 Å². The van der Waals surface area contributed by atoms with Gasteiger partial charge in [-0.3, -0.25) is 0 Å². The average Bonchev–Trinajstić information content (AvgIpc) is 2.78. The Kier molecular flexibility index (Phi) is 2.49. The van der Waals surface area contributed by atoms with E-state index in [2.05, 4.69) is 9.97 Å². The highest BCUT2D eigenvalue weighted by Crippen LogP contribution is 2.30. The van der Waals surface area contributed by atoms with Gasteiger partial charge in [0.1, 0.15) is 11.3 Å². The number of rotatable bonds is 1. The number of halogens is 1. The van der Waals surface area contributed by atoms with Crippen LogP contribution in [0.4, 0.5) is 5.69 Å². The van der Waals surface area contributed by atoms with E-state index in [1.807, 2.05) is 43.3 Å². The average molecular weight is 258 g/mol. The summed E-state index contributed by atoms with van der Waals surface area (Å²) in [4.78, 5) is 7.76. The van der Waals surface area contributed by atoms with Crippen LogP contribution in [0.25, 0.3) is 22.4 Å². The van der Waals surface area contributed by atoms with Crippen LogP contribution in [0, 0.1) is 6.92 Å². The molecule has 0 amide bonds. The number of anilines is 1. The Balaban J connectivity index is 2.26. The van der Waals surface area contributed by atoms with Crippen molar-refractivity contribution in [3.63, 3.8) is 0 Å². The van der Waals surface area contributed by atoms with Crippen LogP contribution < -0.4 is 5.73 Å². The molecular formula is C14H12ClN3. The molecule has 1 aromatic heterocycles. The summed E-state index contributed by atoms with van der Waals surface area (Å²) in [5.41, 5.74) is 10.2. The molecule has 0 spiro atoms. The number of hydrogen-bond donors (Lipinski definition) is 2. The molecule has 1 heterocycles. The van der Waals surface area contributed by atoms with E-state index in [0.717, 1.165) is 33.0 Å². The molecule has 3 N–H and O–H groups in total. The minimum atomic E-state index is 0.666. The number of aromatic amines is 1. The van der Waals surface area contributed by atoms with Gasteiger partial charge in [0.15, 0.2) is 0 Å². The lowest BCUT2D eigenvalue weighted by molar-refractivity contribution is 1.32. The standard InChI is InChI=1S/C14H12ClN3/c1-8-4-2-5-9(12(8)15)14-17-11-7-3-6-10(16)13(11)18-14/h2-7H,16H2,1H3,(H,17,18). The number of H-pyrrole nitrogens is 1. The molecule has 0 aliphatic carbocycles. The number of fused-ring (bicyclic) bond motifs is 1. The molecule has 90 valence electrons. The first-order valence-electron chi connectivity index (χ1n) is 5.66. The molecule has 0 fully saturated rings. The number of aromatic nitrogens is 2. The molecule has 3 rings (SSSR count). The van der Waals surface area contributed by atoms with Crippen LogP contribution in [0.1, 0.15) is 5.56 Å². The molecule has 3 nitrogen and oxygen atoms in total. The van der Waals surface area contributed by atoms with Crippen molar-refractivity contribution in [3.8, 4) is 11.4 Å². The third-order valence-electron chi connectivity index (χ3n) is 2.99. The Bertz CT molecular complexity index is 731. The zero-order valence-corrected chi connectivity index (χ0v) is 10.6. The van der Waals surface area contributed by atoms with Crippen molar-refractivity contribution in [1.82, 2.24) is 9.97 Å². The van der Waals surface area contributed by atoms with Gasteiger partial charge in [-0.05, 0) is 30.7 Å². The third kappa shape index (κ3) is 1.64. The maximum atomic E-state index is 6.30. The zero-order valence-electron chi connectivity index (χ0n) is 9.87. The fraction of sp³-hybridized carbons (Fsp3) is 0.0714. The van der Waals surface area contributed by atoms with Crippen LogP contribution >= 0.6 is 11.6 Å². The summed E-state index contributed by atoms with van der Waals surface area (Å²) in [6.07, 6.45) is 0. The van der Waals surface area contributed by atoms with Gasteiger partial charge in [-0.2, -0.15) is 0 Å². The van der Waals surface area contributed by atoms with Gasteiger partial charge in [0.2, 0.25) is 0 Å². The maximum absolute atomic E-state index is 6.30. The van der Waals surface area contributed by atoms with Crippen molar-refractivity contribution in [3.05, 3.63) is 47.0 Å². The molecule has 0 saturated carbocycles. The first kappa shape index (κ1) is 11.1. The highest BCUT2D eigenvalue weighted by molar-refractivity contribution is 6.34. The van der Waals surface area contributed by atoms with E-state index in [4.69, 9.17) is 17.3 Å². The first-order valence-corrected chi connectivity index (χ1v) is 6.04. The van der Waals surface area contributed by atoms with Crippen molar-refractivity contribution < 1.29 is 0 Å². The summed E-state index contributed by atoms with van der Waals surface area (Å²) in [6.45, 7) is 1.98. The molecular weight excluding hydrogens is 246 g/mol. The summed E-state index contributed by atoms with van der Waals surface area (Å²) in [6, 6.07) is 11.6. The normalized spacial score (nSPS) is 11.0. The number of para-hydroxylation sites is 1. The van der Waals surface area contributed by atoms with E-state index in [-0.39, 0.29) is 0 Å². The minimum absolute atomic E-state index is 0.666. The number of aryl methyl sites for hydroxylation is 1. The Labute approximate surface area is 110 Å². The monoisotopic (exact) mass is 257 g/mol. The first-order chi connectivity index (χ1) is 8.66. The van der Waals surface area contributed by atoms with E-state index in [1.54, 1.807) is 0 Å². The van der Waals surface area contributed by atoms with Crippen LogP contribution in [0.5, 0.6) is 0 Å². The fourth-order valence-electron chi connectivity index (χ4n) is 2.01. The summed E-state index contributed by atoms with van der Waals surface area (Å²) in [5, 5.41) is 0.718. The van der Waals surface area contributed by atoms with Crippen molar-refractivity contribution in [2.24, 2.45) is 0 Å². The number of benzene rings is 2. The highest BCUT2D eigenvalue weighted by atomic mass is 35.5. The van der Waals surface area contributed by atoms with E-state index in [0.29, 0.717) is 5.69 Å². The third-order valence-corrected chi connectivity index (χ3v) is 3.49. The number of imidazole rings is 1. The van der Waals surface area contributed by atoms with E-state index in [9.17, 15) is 0 Å². The lowest BCUT2D eigenvalue weighted by Gasteiger charge is -2.02. The van der Waals surface area contributed by atoms with Gasteiger partial charge in [-0.15, -0.1) is 0 Å². The summed E-state index contributed by atoms with van der Waals surface area (Å²) in [7, 11) is 0. The largest absolute Gasteiger partial charge is 0.397 e. The van der Waals surface area contributed by atoms with Crippen molar-refractivity contribution in [1.29, 1.82) is 0 Å². The molecule has 0 aliphatic rings. The molecule has 0 atom stereocenters. The predicted octanol–water partition coefficient (Wildman–Crippen LogP) is 3.77. The summed E-state index contributed by atoms with van der Waals surface area (Å²) >= 11 is 6.30. The highest BCUT2D eigenvalue weighted by Gasteiger charge is 2.11. The Morgan fingerprint density at radius 2 is 1.94 bits per heavy atom. The van der Waals surface area contributed by atoms with Crippen LogP contribution in [-0.2, 0) is 0 Å². The number of hydrogen-bond acceptors (Lipinski definition) is 2. The molecule has 2 aromatic carbocycles. The van der Waals surface area contributed by atoms with Gasteiger partial charge in [-0.1, -0.05) is 29.8 Å². The lowest BCUT2D eigenvalue weighted by atomic mass is 10.1. The topological polar surface area (TPSA) is 54.7 Å². The van der Waals surface area contributed by atoms with Gasteiger partial charge in [0.25, 0.3) is 0 Å². The molecule has 4 heteroatoms. The molecule has 0 unspecified atom stereocenters. The van der Waals surface area contributed by atoms with E-state index >= 15 is 0 Å². The van der Waals surface area contributed by atoms with Crippen LogP contribution in [0.2, 0.25) is 5.02 Å². The Morgan fingerprint density at radius 1 is 1.17 bits per heavy atom. The van der Waals surface area contributed by atoms with Crippen molar-refractivity contribution in [2.45, 2.75) is 6.92 Å². The maximum Gasteiger partial charge on any atom is 0.140 e. The molecule has 0 aliphatic heterocycles. The van der Waals surface area contributed by atoms with Gasteiger partial charge in [0.05, 0.1) is 16.2 Å². The van der Waals surface area contributed by atoms with Gasteiger partial charge in [-0.25, -0.2) is 4.98 Å². The number of nitrogen functional groups attached to an aromatic ring is 1. The molecule has 3 aromatic rings. The molecule has 18 heavy (non-hydrogen) atoms. The molecule has 0 saturated heterocycles. The number of nitrogens with one attached hydrogen (secondary N) is 1. The summed E-state index contributed by atoms with van der Waals surface area (Å²) in [5.74, 6) is 0.747. The smallest absolute Gasteiger partial charge is 0.140 e. The van der Waals surface area contributed by atoms with Crippen LogP contribution in [0.15, 0.2) is 36.4 Å². The van der Waals surface area contributed by atoms with Crippen molar-refractivity contribution in [2.75, 3.05) is 5.73 Å². The molecule has 0 bridgehead atoms. The second-order valence-electron chi connectivity index (χ2n) is 4.27.